The van der Waals surface area contributed by atoms with Crippen molar-refractivity contribution in [2.24, 2.45) is 0 Å². The molecule has 0 aromatic rings. The van der Waals surface area contributed by atoms with Crippen molar-refractivity contribution in [1.82, 2.24) is 4.90 Å². The summed E-state index contributed by atoms with van der Waals surface area (Å²) in [6.45, 7) is 2.47. The zero-order valence-corrected chi connectivity index (χ0v) is 12.5. The highest BCUT2D eigenvalue weighted by molar-refractivity contribution is 5.95. The Bertz CT molecular complexity index is 641. The quantitative estimate of drug-likeness (QED) is 0.639. The number of allylic oxidation sites excluding steroid dienone is 1. The number of carbonyl (C=O) groups excluding carboxylic acids is 1. The smallest absolute Gasteiger partial charge is 0.287 e. The first-order valence-corrected chi connectivity index (χ1v) is 8.07. The topological polar surface area (TPSA) is 48.0 Å². The van der Waals surface area contributed by atoms with Gasteiger partial charge in [-0.1, -0.05) is 12.2 Å². The van der Waals surface area contributed by atoms with Gasteiger partial charge in [-0.05, 0) is 36.0 Å². The van der Waals surface area contributed by atoms with E-state index >= 15 is 0 Å². The Morgan fingerprint density at radius 3 is 2.91 bits per heavy atom. The van der Waals surface area contributed by atoms with E-state index in [9.17, 15) is 4.79 Å². The van der Waals surface area contributed by atoms with E-state index in [4.69, 9.17) is 14.2 Å². The third kappa shape index (κ3) is 1.51. The Morgan fingerprint density at radius 2 is 2.05 bits per heavy atom. The molecule has 0 bridgehead atoms. The molecule has 1 atom stereocenters. The van der Waals surface area contributed by atoms with Gasteiger partial charge in [-0.15, -0.1) is 0 Å². The number of nitrogens with zero attached hydrogens (tertiary/aromatic N) is 1. The molecular weight excluding hydrogens is 282 g/mol. The molecule has 0 saturated carbocycles. The van der Waals surface area contributed by atoms with E-state index in [-0.39, 0.29) is 11.4 Å². The molecule has 0 N–H and O–H groups in total. The number of ether oxygens (including phenoxy) is 3. The molecule has 1 saturated heterocycles. The van der Waals surface area contributed by atoms with Crippen LogP contribution in [0.4, 0.5) is 0 Å². The van der Waals surface area contributed by atoms with E-state index in [0.29, 0.717) is 26.2 Å². The molecule has 5 rings (SSSR count). The first-order valence-electron chi connectivity index (χ1n) is 8.07. The Balaban J connectivity index is 1.64. The number of rotatable bonds is 0. The van der Waals surface area contributed by atoms with Gasteiger partial charge in [-0.2, -0.15) is 0 Å². The van der Waals surface area contributed by atoms with Crippen molar-refractivity contribution in [2.75, 3.05) is 26.4 Å². The highest BCUT2D eigenvalue weighted by Crippen LogP contribution is 2.53. The molecular formula is C17H19NO4. The van der Waals surface area contributed by atoms with Crippen LogP contribution in [0.5, 0.6) is 0 Å². The van der Waals surface area contributed by atoms with Crippen molar-refractivity contribution in [1.29, 1.82) is 0 Å². The lowest BCUT2D eigenvalue weighted by atomic mass is 9.70. The minimum Gasteiger partial charge on any atom is -0.325 e. The maximum Gasteiger partial charge on any atom is 0.287 e. The molecule has 4 aliphatic heterocycles. The van der Waals surface area contributed by atoms with Crippen molar-refractivity contribution in [2.45, 2.75) is 37.2 Å². The van der Waals surface area contributed by atoms with Crippen LogP contribution < -0.4 is 0 Å². The van der Waals surface area contributed by atoms with Gasteiger partial charge in [0, 0.05) is 12.6 Å². The van der Waals surface area contributed by atoms with Crippen LogP contribution in [0.15, 0.2) is 34.9 Å². The van der Waals surface area contributed by atoms with Gasteiger partial charge < -0.3 is 19.1 Å². The predicted octanol–water partition coefficient (Wildman–Crippen LogP) is 1.66. The average molecular weight is 301 g/mol. The van der Waals surface area contributed by atoms with Crippen molar-refractivity contribution < 1.29 is 19.0 Å². The molecule has 4 heterocycles. The second-order valence-electron chi connectivity index (χ2n) is 6.57. The zero-order valence-electron chi connectivity index (χ0n) is 12.5. The maximum atomic E-state index is 12.5. The van der Waals surface area contributed by atoms with Gasteiger partial charge in [-0.25, -0.2) is 0 Å². The first-order chi connectivity index (χ1) is 10.7. The number of hydrogen-bond donors (Lipinski definition) is 0. The fourth-order valence-corrected chi connectivity index (χ4v) is 4.64. The number of amides is 1. The van der Waals surface area contributed by atoms with Crippen LogP contribution in [-0.4, -0.2) is 48.7 Å². The Hall–Kier alpha value is -1.43. The van der Waals surface area contributed by atoms with Gasteiger partial charge in [0.2, 0.25) is 5.91 Å². The summed E-state index contributed by atoms with van der Waals surface area (Å²) in [4.78, 5) is 14.5. The Kier molecular flexibility index (Phi) is 2.56. The monoisotopic (exact) mass is 301 g/mol. The summed E-state index contributed by atoms with van der Waals surface area (Å²) in [7, 11) is 0. The fraction of sp³-hybridized carbons (Fsp3) is 0.588. The maximum absolute atomic E-state index is 12.5. The van der Waals surface area contributed by atoms with Gasteiger partial charge in [0.25, 0.3) is 5.97 Å². The summed E-state index contributed by atoms with van der Waals surface area (Å²) in [6.07, 6.45) is 9.55. The Labute approximate surface area is 129 Å². The lowest BCUT2D eigenvalue weighted by Crippen LogP contribution is -2.57. The van der Waals surface area contributed by atoms with Crippen molar-refractivity contribution >= 4 is 5.91 Å². The lowest BCUT2D eigenvalue weighted by molar-refractivity contribution is -0.332. The van der Waals surface area contributed by atoms with Crippen LogP contribution >= 0.6 is 0 Å². The second-order valence-corrected chi connectivity index (χ2v) is 6.57. The molecule has 0 radical (unpaired) electrons. The fourth-order valence-electron chi connectivity index (χ4n) is 4.64. The van der Waals surface area contributed by atoms with E-state index in [1.165, 1.54) is 11.1 Å². The number of hydrogen-bond acceptors (Lipinski definition) is 4. The van der Waals surface area contributed by atoms with Gasteiger partial charge in [-0.3, -0.25) is 4.79 Å². The van der Waals surface area contributed by atoms with Crippen LogP contribution in [0.2, 0.25) is 0 Å². The summed E-state index contributed by atoms with van der Waals surface area (Å²) in [5.74, 6) is -0.781. The van der Waals surface area contributed by atoms with Crippen molar-refractivity contribution in [3.8, 4) is 0 Å². The normalized spacial score (nSPS) is 35.5. The highest BCUT2D eigenvalue weighted by atomic mass is 16.9. The highest BCUT2D eigenvalue weighted by Gasteiger charge is 2.56. The van der Waals surface area contributed by atoms with E-state index in [0.717, 1.165) is 31.4 Å². The molecule has 5 aliphatic rings. The molecule has 0 aromatic carbocycles. The van der Waals surface area contributed by atoms with E-state index < -0.39 is 5.97 Å². The Morgan fingerprint density at radius 1 is 1.18 bits per heavy atom. The third-order valence-electron chi connectivity index (χ3n) is 5.60. The van der Waals surface area contributed by atoms with Crippen molar-refractivity contribution in [3.63, 3.8) is 0 Å². The SMILES string of the molecule is O=C1C=C2C=CCC[C@@]23C2=C(CCN13)COC1(C2)OCCO1. The van der Waals surface area contributed by atoms with Gasteiger partial charge in [0.15, 0.2) is 0 Å². The summed E-state index contributed by atoms with van der Waals surface area (Å²) in [5.41, 5.74) is 3.49. The first kappa shape index (κ1) is 13.0. The van der Waals surface area contributed by atoms with Crippen LogP contribution in [0.3, 0.4) is 0 Å². The van der Waals surface area contributed by atoms with Gasteiger partial charge in [0.1, 0.15) is 0 Å². The summed E-state index contributed by atoms with van der Waals surface area (Å²) >= 11 is 0. The lowest BCUT2D eigenvalue weighted by Gasteiger charge is -2.51. The van der Waals surface area contributed by atoms with Gasteiger partial charge >= 0.3 is 0 Å². The third-order valence-corrected chi connectivity index (χ3v) is 5.60. The van der Waals surface area contributed by atoms with E-state index in [1.807, 2.05) is 6.08 Å². The summed E-state index contributed by atoms with van der Waals surface area (Å²) in [6, 6.07) is 0. The van der Waals surface area contributed by atoms with Crippen LogP contribution in [-0.2, 0) is 19.0 Å². The molecule has 1 aliphatic carbocycles. The molecule has 22 heavy (non-hydrogen) atoms. The molecule has 0 unspecified atom stereocenters. The summed E-state index contributed by atoms with van der Waals surface area (Å²) in [5, 5.41) is 0. The van der Waals surface area contributed by atoms with Crippen molar-refractivity contribution in [3.05, 3.63) is 34.9 Å². The van der Waals surface area contributed by atoms with Crippen LogP contribution in [0, 0.1) is 0 Å². The zero-order chi connectivity index (χ0) is 14.8. The molecule has 116 valence electrons. The molecule has 5 nitrogen and oxygen atoms in total. The predicted molar refractivity (Wildman–Crippen MR) is 77.7 cm³/mol. The molecule has 0 aromatic heterocycles. The van der Waals surface area contributed by atoms with Crippen LogP contribution in [0.25, 0.3) is 0 Å². The minimum absolute atomic E-state index is 0.141. The minimum atomic E-state index is -0.922. The standard InChI is InChI=1S/C17H19NO4/c19-15-9-13-3-1-2-5-16(13)14-10-17(20-7-8-21-17)22-11-12(14)4-6-18(15)16/h1,3,9H,2,4-8,10-11H2/t16-/m0/s1. The number of carbonyl (C=O) groups is 1. The largest absolute Gasteiger partial charge is 0.325 e. The van der Waals surface area contributed by atoms with Crippen LogP contribution in [0.1, 0.15) is 25.7 Å². The second kappa shape index (κ2) is 4.31. The average Bonchev–Trinajstić information content (AvgIpc) is 3.10. The molecule has 1 amide bonds. The van der Waals surface area contributed by atoms with E-state index in [1.54, 1.807) is 0 Å². The van der Waals surface area contributed by atoms with E-state index in [2.05, 4.69) is 17.1 Å². The molecule has 5 heteroatoms. The molecule has 1 fully saturated rings. The van der Waals surface area contributed by atoms with Gasteiger partial charge in [0.05, 0.1) is 31.8 Å². The summed E-state index contributed by atoms with van der Waals surface area (Å²) < 4.78 is 17.4. The molecule has 2 spiro atoms.